The fourth-order valence-corrected chi connectivity index (χ4v) is 4.00. The van der Waals surface area contributed by atoms with Crippen LogP contribution in [0.25, 0.3) is 0 Å². The summed E-state index contributed by atoms with van der Waals surface area (Å²) in [6, 6.07) is 15.0. The van der Waals surface area contributed by atoms with E-state index in [0.29, 0.717) is 18.0 Å². The predicted octanol–water partition coefficient (Wildman–Crippen LogP) is 5.46. The quantitative estimate of drug-likeness (QED) is 0.493. The third kappa shape index (κ3) is 7.06. The molecule has 2 aromatic carbocycles. The fraction of sp³-hybridized carbons (Fsp3) is 0.417. The van der Waals surface area contributed by atoms with Gasteiger partial charge in [-0.3, -0.25) is 9.59 Å². The zero-order valence-corrected chi connectivity index (χ0v) is 19.7. The van der Waals surface area contributed by atoms with Crippen molar-refractivity contribution in [3.8, 4) is 0 Å². The normalized spacial score (nSPS) is 12.8. The molecule has 0 heterocycles. The van der Waals surface area contributed by atoms with Crippen LogP contribution < -0.4 is 5.32 Å². The Morgan fingerprint density at radius 1 is 1.07 bits per heavy atom. The van der Waals surface area contributed by atoms with E-state index in [2.05, 4.69) is 5.32 Å². The fourth-order valence-electron chi connectivity index (χ4n) is 3.09. The highest BCUT2D eigenvalue weighted by molar-refractivity contribution is 8.00. The van der Waals surface area contributed by atoms with E-state index in [1.807, 2.05) is 76.2 Å². The van der Waals surface area contributed by atoms with Crippen LogP contribution in [-0.2, 0) is 16.1 Å². The minimum absolute atomic E-state index is 0.0515. The van der Waals surface area contributed by atoms with E-state index < -0.39 is 6.04 Å². The van der Waals surface area contributed by atoms with E-state index in [0.717, 1.165) is 22.4 Å². The highest BCUT2D eigenvalue weighted by Crippen LogP contribution is 2.23. The van der Waals surface area contributed by atoms with E-state index in [1.165, 1.54) is 11.8 Å². The van der Waals surface area contributed by atoms with Crippen molar-refractivity contribution in [2.24, 2.45) is 0 Å². The van der Waals surface area contributed by atoms with Gasteiger partial charge in [0.1, 0.15) is 6.04 Å². The van der Waals surface area contributed by atoms with Crippen LogP contribution in [0.4, 0.5) is 0 Å². The summed E-state index contributed by atoms with van der Waals surface area (Å²) in [6.45, 7) is 8.41. The molecule has 0 bridgehead atoms. The summed E-state index contributed by atoms with van der Waals surface area (Å²) < 4.78 is 0. The molecule has 0 aromatic heterocycles. The van der Waals surface area contributed by atoms with Crippen LogP contribution in [0.5, 0.6) is 0 Å². The second kappa shape index (κ2) is 12.0. The first-order valence-corrected chi connectivity index (χ1v) is 11.7. The maximum absolute atomic E-state index is 13.3. The highest BCUT2D eigenvalue weighted by atomic mass is 35.5. The molecular weight excluding hydrogens is 416 g/mol. The molecule has 30 heavy (non-hydrogen) atoms. The van der Waals surface area contributed by atoms with E-state index >= 15 is 0 Å². The van der Waals surface area contributed by atoms with Crippen molar-refractivity contribution in [3.63, 3.8) is 0 Å². The number of nitrogens with zero attached hydrogens (tertiary/aromatic N) is 1. The maximum atomic E-state index is 13.3. The van der Waals surface area contributed by atoms with Crippen LogP contribution in [-0.4, -0.2) is 34.6 Å². The van der Waals surface area contributed by atoms with Gasteiger partial charge in [0.2, 0.25) is 11.8 Å². The summed E-state index contributed by atoms with van der Waals surface area (Å²) in [6.07, 6.45) is 1.41. The van der Waals surface area contributed by atoms with Crippen molar-refractivity contribution in [2.75, 3.05) is 5.75 Å². The molecule has 0 radical (unpaired) electrons. The summed E-state index contributed by atoms with van der Waals surface area (Å²) >= 11 is 7.41. The van der Waals surface area contributed by atoms with Crippen molar-refractivity contribution in [2.45, 2.75) is 64.1 Å². The van der Waals surface area contributed by atoms with Gasteiger partial charge in [-0.1, -0.05) is 49.7 Å². The lowest BCUT2D eigenvalue weighted by atomic mass is 10.1. The molecular formula is C24H31ClN2O2S. The Kier molecular flexibility index (Phi) is 9.73. The van der Waals surface area contributed by atoms with Gasteiger partial charge in [0.05, 0.1) is 5.75 Å². The summed E-state index contributed by atoms with van der Waals surface area (Å²) in [7, 11) is 0. The summed E-state index contributed by atoms with van der Waals surface area (Å²) in [5.74, 6) is 0.121. The molecule has 4 nitrogen and oxygen atoms in total. The average Bonchev–Trinajstić information content (AvgIpc) is 2.74. The van der Waals surface area contributed by atoms with Gasteiger partial charge in [-0.2, -0.15) is 0 Å². The van der Waals surface area contributed by atoms with Gasteiger partial charge in [0.25, 0.3) is 0 Å². The Balaban J connectivity index is 2.21. The van der Waals surface area contributed by atoms with Gasteiger partial charge in [-0.25, -0.2) is 0 Å². The number of rotatable bonds is 10. The SMILES string of the molecule is CC[C@H](C)NC(=O)[C@H](CC)N(Cc1ccccc1C)C(=O)CSc1ccc(Cl)cc1. The molecule has 0 saturated heterocycles. The second-order valence-electron chi connectivity index (χ2n) is 7.43. The molecule has 162 valence electrons. The van der Waals surface area contributed by atoms with E-state index in [4.69, 9.17) is 11.6 Å². The first kappa shape index (κ1) is 24.3. The minimum Gasteiger partial charge on any atom is -0.352 e. The molecule has 1 N–H and O–H groups in total. The number of carbonyl (C=O) groups is 2. The van der Waals surface area contributed by atoms with Crippen LogP contribution >= 0.6 is 23.4 Å². The van der Waals surface area contributed by atoms with Gasteiger partial charge >= 0.3 is 0 Å². The number of hydrogen-bond acceptors (Lipinski definition) is 3. The number of thioether (sulfide) groups is 1. The van der Waals surface area contributed by atoms with Crippen molar-refractivity contribution < 1.29 is 9.59 Å². The Hall–Kier alpha value is -1.98. The van der Waals surface area contributed by atoms with Crippen LogP contribution in [0.2, 0.25) is 5.02 Å². The molecule has 0 aliphatic carbocycles. The van der Waals surface area contributed by atoms with E-state index in [1.54, 1.807) is 4.90 Å². The van der Waals surface area contributed by atoms with Crippen LogP contribution in [0.15, 0.2) is 53.4 Å². The molecule has 0 unspecified atom stereocenters. The van der Waals surface area contributed by atoms with Crippen LogP contribution in [0.3, 0.4) is 0 Å². The number of carbonyl (C=O) groups excluding carboxylic acids is 2. The number of halogens is 1. The Bertz CT molecular complexity index is 841. The summed E-state index contributed by atoms with van der Waals surface area (Å²) in [5, 5.41) is 3.71. The molecule has 0 spiro atoms. The smallest absolute Gasteiger partial charge is 0.243 e. The van der Waals surface area contributed by atoms with Crippen molar-refractivity contribution >= 4 is 35.2 Å². The molecule has 0 saturated carbocycles. The number of amides is 2. The highest BCUT2D eigenvalue weighted by Gasteiger charge is 2.29. The molecule has 0 aliphatic heterocycles. The Morgan fingerprint density at radius 2 is 1.73 bits per heavy atom. The Morgan fingerprint density at radius 3 is 2.33 bits per heavy atom. The van der Waals surface area contributed by atoms with Crippen LogP contribution in [0, 0.1) is 6.92 Å². The summed E-state index contributed by atoms with van der Waals surface area (Å²) in [5.41, 5.74) is 2.16. The summed E-state index contributed by atoms with van der Waals surface area (Å²) in [4.78, 5) is 28.9. The molecule has 0 fully saturated rings. The number of benzene rings is 2. The number of aryl methyl sites for hydroxylation is 1. The average molecular weight is 447 g/mol. The van der Waals surface area contributed by atoms with E-state index in [-0.39, 0.29) is 23.6 Å². The maximum Gasteiger partial charge on any atom is 0.243 e. The minimum atomic E-state index is -0.503. The van der Waals surface area contributed by atoms with Gasteiger partial charge in [-0.05, 0) is 62.1 Å². The predicted molar refractivity (Wildman–Crippen MR) is 126 cm³/mol. The third-order valence-corrected chi connectivity index (χ3v) is 6.41. The second-order valence-corrected chi connectivity index (χ2v) is 8.92. The lowest BCUT2D eigenvalue weighted by Crippen LogP contribution is -2.51. The third-order valence-electron chi connectivity index (χ3n) is 5.16. The van der Waals surface area contributed by atoms with E-state index in [9.17, 15) is 9.59 Å². The first-order valence-electron chi connectivity index (χ1n) is 10.4. The van der Waals surface area contributed by atoms with Crippen LogP contribution in [0.1, 0.15) is 44.7 Å². The molecule has 2 rings (SSSR count). The van der Waals surface area contributed by atoms with Gasteiger partial charge in [0, 0.05) is 22.5 Å². The van der Waals surface area contributed by atoms with Gasteiger partial charge in [0.15, 0.2) is 0 Å². The standard InChI is InChI=1S/C24H31ClN2O2S/c1-5-18(4)26-24(29)22(6-2)27(15-19-10-8-7-9-17(19)3)23(28)16-30-21-13-11-20(25)12-14-21/h7-14,18,22H,5-6,15-16H2,1-4H3,(H,26,29)/t18-,22-/m0/s1. The zero-order chi connectivity index (χ0) is 22.1. The lowest BCUT2D eigenvalue weighted by Gasteiger charge is -2.32. The van der Waals surface area contributed by atoms with Crippen molar-refractivity contribution in [3.05, 3.63) is 64.7 Å². The largest absolute Gasteiger partial charge is 0.352 e. The lowest BCUT2D eigenvalue weighted by molar-refractivity contribution is -0.139. The molecule has 2 atom stereocenters. The number of nitrogens with one attached hydrogen (secondary N) is 1. The number of hydrogen-bond donors (Lipinski definition) is 1. The van der Waals surface area contributed by atoms with Crippen molar-refractivity contribution in [1.82, 2.24) is 10.2 Å². The molecule has 6 heteroatoms. The van der Waals surface area contributed by atoms with Gasteiger partial charge < -0.3 is 10.2 Å². The zero-order valence-electron chi connectivity index (χ0n) is 18.2. The molecule has 0 aliphatic rings. The Labute approximate surface area is 189 Å². The molecule has 2 amide bonds. The first-order chi connectivity index (χ1) is 14.3. The van der Waals surface area contributed by atoms with Crippen molar-refractivity contribution in [1.29, 1.82) is 0 Å². The topological polar surface area (TPSA) is 49.4 Å². The van der Waals surface area contributed by atoms with Gasteiger partial charge in [-0.15, -0.1) is 11.8 Å². The molecule has 2 aromatic rings. The monoisotopic (exact) mass is 446 g/mol.